The van der Waals surface area contributed by atoms with Gasteiger partial charge in [-0.1, -0.05) is 42.5 Å². The van der Waals surface area contributed by atoms with Gasteiger partial charge in [-0.15, -0.1) is 12.4 Å². The zero-order valence-electron chi connectivity index (χ0n) is 20.4. The number of nitrogens with zero attached hydrogens (tertiary/aromatic N) is 5. The Kier molecular flexibility index (Phi) is 7.78. The van der Waals surface area contributed by atoms with E-state index in [1.165, 1.54) is 6.26 Å². The predicted octanol–water partition coefficient (Wildman–Crippen LogP) is 4.30. The molecule has 9 heteroatoms. The van der Waals surface area contributed by atoms with E-state index in [1.54, 1.807) is 16.8 Å². The minimum Gasteiger partial charge on any atom is -0.364 e. The van der Waals surface area contributed by atoms with Gasteiger partial charge in [-0.3, -0.25) is 4.98 Å². The molecule has 0 spiro atoms. The number of hydrogen-bond acceptors (Lipinski definition) is 5. The summed E-state index contributed by atoms with van der Waals surface area (Å²) < 4.78 is 29.8. The molecule has 4 aromatic rings. The van der Waals surface area contributed by atoms with Crippen molar-refractivity contribution in [2.75, 3.05) is 17.7 Å². The molecule has 36 heavy (non-hydrogen) atoms. The third kappa shape index (κ3) is 5.61. The number of aryl methyl sites for hydroxylation is 1. The summed E-state index contributed by atoms with van der Waals surface area (Å²) in [6, 6.07) is 20.2. The summed E-state index contributed by atoms with van der Waals surface area (Å²) in [4.78, 5) is 10.8. The van der Waals surface area contributed by atoms with Crippen LogP contribution in [0, 0.1) is 0 Å². The average molecular weight is 524 g/mol. The summed E-state index contributed by atoms with van der Waals surface area (Å²) in [7, 11) is -1.48. The van der Waals surface area contributed by atoms with Crippen molar-refractivity contribution < 1.29 is 8.42 Å². The first-order chi connectivity index (χ1) is 16.9. The van der Waals surface area contributed by atoms with E-state index < -0.39 is 10.0 Å². The van der Waals surface area contributed by atoms with Gasteiger partial charge in [-0.05, 0) is 46.9 Å². The zero-order chi connectivity index (χ0) is 24.4. The maximum atomic E-state index is 13.1. The Morgan fingerprint density at radius 3 is 2.44 bits per heavy atom. The second-order valence-electron chi connectivity index (χ2n) is 9.11. The van der Waals surface area contributed by atoms with Crippen molar-refractivity contribution in [1.82, 2.24) is 18.8 Å². The summed E-state index contributed by atoms with van der Waals surface area (Å²) in [5.74, 6) is 0. The Balaban J connectivity index is 0.00000304. The van der Waals surface area contributed by atoms with Crippen molar-refractivity contribution in [2.45, 2.75) is 25.6 Å². The Labute approximate surface area is 218 Å². The predicted molar refractivity (Wildman–Crippen MR) is 145 cm³/mol. The fraction of sp³-hybridized carbons (Fsp3) is 0.259. The van der Waals surface area contributed by atoms with Gasteiger partial charge in [-0.25, -0.2) is 13.4 Å². The molecule has 1 aliphatic rings. The summed E-state index contributed by atoms with van der Waals surface area (Å²) in [5, 5.41) is 0. The van der Waals surface area contributed by atoms with Crippen LogP contribution >= 0.6 is 12.4 Å². The third-order valence-electron chi connectivity index (χ3n) is 6.58. The SMILES string of the molecule is Cl.Cn1cncc1CN1CC(Cc2cccnc2)N(S(C)(=O)=O)Cc2cc(-c3ccccc3)ccc21. The highest BCUT2D eigenvalue weighted by Gasteiger charge is 2.33. The monoisotopic (exact) mass is 523 g/mol. The topological polar surface area (TPSA) is 71.3 Å². The van der Waals surface area contributed by atoms with Gasteiger partial charge in [0.2, 0.25) is 10.0 Å². The minimum absolute atomic E-state index is 0. The van der Waals surface area contributed by atoms with Crippen LogP contribution in [-0.2, 0) is 36.6 Å². The smallest absolute Gasteiger partial charge is 0.211 e. The van der Waals surface area contributed by atoms with Crippen molar-refractivity contribution in [1.29, 1.82) is 0 Å². The van der Waals surface area contributed by atoms with E-state index >= 15 is 0 Å². The van der Waals surface area contributed by atoms with E-state index in [0.717, 1.165) is 33.6 Å². The van der Waals surface area contributed by atoms with E-state index in [2.05, 4.69) is 45.2 Å². The molecule has 0 N–H and O–H groups in total. The number of imidazole rings is 1. The molecule has 0 aliphatic carbocycles. The molecule has 2 aromatic carbocycles. The molecule has 7 nitrogen and oxygen atoms in total. The van der Waals surface area contributed by atoms with Crippen molar-refractivity contribution >= 4 is 28.1 Å². The van der Waals surface area contributed by atoms with E-state index in [-0.39, 0.29) is 18.4 Å². The van der Waals surface area contributed by atoms with Gasteiger partial charge in [0, 0.05) is 50.5 Å². The van der Waals surface area contributed by atoms with Crippen LogP contribution < -0.4 is 4.90 Å². The second-order valence-corrected chi connectivity index (χ2v) is 11.0. The third-order valence-corrected chi connectivity index (χ3v) is 7.86. The molecule has 1 aliphatic heterocycles. The quantitative estimate of drug-likeness (QED) is 0.377. The number of pyridine rings is 1. The molecular formula is C27H30ClN5O2S. The van der Waals surface area contributed by atoms with Crippen LogP contribution in [-0.4, -0.2) is 46.1 Å². The van der Waals surface area contributed by atoms with Crippen molar-refractivity contribution in [3.05, 3.63) is 102 Å². The van der Waals surface area contributed by atoms with Crippen molar-refractivity contribution in [3.8, 4) is 11.1 Å². The van der Waals surface area contributed by atoms with Gasteiger partial charge >= 0.3 is 0 Å². The number of sulfonamides is 1. The number of hydrogen-bond donors (Lipinski definition) is 0. The van der Waals surface area contributed by atoms with E-state index in [1.807, 2.05) is 54.3 Å². The fourth-order valence-electron chi connectivity index (χ4n) is 4.80. The lowest BCUT2D eigenvalue weighted by atomic mass is 10.0. The normalized spacial score (nSPS) is 16.2. The molecular weight excluding hydrogens is 494 g/mol. The molecule has 0 bridgehead atoms. The summed E-state index contributed by atoms with van der Waals surface area (Å²) in [6.07, 6.45) is 9.11. The first kappa shape index (κ1) is 25.9. The summed E-state index contributed by atoms with van der Waals surface area (Å²) in [6.45, 7) is 1.52. The first-order valence-electron chi connectivity index (χ1n) is 11.6. The van der Waals surface area contributed by atoms with Crippen molar-refractivity contribution in [2.24, 2.45) is 7.05 Å². The highest BCUT2D eigenvalue weighted by Crippen LogP contribution is 2.34. The van der Waals surface area contributed by atoms with Crippen LogP contribution in [0.5, 0.6) is 0 Å². The highest BCUT2D eigenvalue weighted by molar-refractivity contribution is 7.88. The zero-order valence-corrected chi connectivity index (χ0v) is 22.0. The molecule has 1 atom stereocenters. The highest BCUT2D eigenvalue weighted by atomic mass is 35.5. The standard InChI is InChI=1S/C27H29N5O2S.ClH/c1-30-20-29-16-26(30)19-31-18-25(13-21-7-6-12-28-15-21)32(35(2,33)34)17-24-14-23(10-11-27(24)31)22-8-4-3-5-9-22;/h3-12,14-16,20,25H,13,17-19H2,1-2H3;1H. The number of fused-ring (bicyclic) bond motifs is 1. The molecule has 0 fully saturated rings. The lowest BCUT2D eigenvalue weighted by Gasteiger charge is -2.31. The summed E-state index contributed by atoms with van der Waals surface area (Å²) in [5.41, 5.74) is 6.30. The summed E-state index contributed by atoms with van der Waals surface area (Å²) >= 11 is 0. The number of benzene rings is 2. The lowest BCUT2D eigenvalue weighted by molar-refractivity contribution is 0.320. The Bertz CT molecular complexity index is 1410. The van der Waals surface area contributed by atoms with Crippen LogP contribution in [0.3, 0.4) is 0 Å². The van der Waals surface area contributed by atoms with E-state index in [0.29, 0.717) is 26.1 Å². The number of aromatic nitrogens is 3. The molecule has 188 valence electrons. The van der Waals surface area contributed by atoms with Gasteiger partial charge in [0.15, 0.2) is 0 Å². The van der Waals surface area contributed by atoms with Crippen LogP contribution in [0.2, 0.25) is 0 Å². The second kappa shape index (κ2) is 10.8. The molecule has 0 saturated carbocycles. The van der Waals surface area contributed by atoms with Gasteiger partial charge < -0.3 is 9.47 Å². The van der Waals surface area contributed by atoms with Crippen LogP contribution in [0.15, 0.2) is 85.6 Å². The maximum Gasteiger partial charge on any atom is 0.211 e. The molecule has 1 unspecified atom stereocenters. The fourth-order valence-corrected chi connectivity index (χ4v) is 5.86. The molecule has 0 radical (unpaired) electrons. The number of halogens is 1. The minimum atomic E-state index is -3.46. The van der Waals surface area contributed by atoms with Gasteiger partial charge in [0.25, 0.3) is 0 Å². The van der Waals surface area contributed by atoms with Crippen molar-refractivity contribution in [3.63, 3.8) is 0 Å². The Morgan fingerprint density at radius 2 is 1.78 bits per heavy atom. The van der Waals surface area contributed by atoms with Gasteiger partial charge in [0.1, 0.15) is 0 Å². The largest absolute Gasteiger partial charge is 0.364 e. The van der Waals surface area contributed by atoms with E-state index in [4.69, 9.17) is 0 Å². The first-order valence-corrected chi connectivity index (χ1v) is 13.5. The molecule has 2 aromatic heterocycles. The lowest BCUT2D eigenvalue weighted by Crippen LogP contribution is -2.45. The number of rotatable bonds is 6. The van der Waals surface area contributed by atoms with Crippen LogP contribution in [0.1, 0.15) is 16.8 Å². The van der Waals surface area contributed by atoms with Gasteiger partial charge in [-0.2, -0.15) is 4.31 Å². The molecule has 0 amide bonds. The van der Waals surface area contributed by atoms with Crippen LogP contribution in [0.25, 0.3) is 11.1 Å². The molecule has 0 saturated heterocycles. The average Bonchev–Trinajstić information content (AvgIpc) is 3.18. The molecule has 5 rings (SSSR count). The number of anilines is 1. The van der Waals surface area contributed by atoms with E-state index in [9.17, 15) is 8.42 Å². The molecule has 3 heterocycles. The Hall–Kier alpha value is -3.20. The maximum absolute atomic E-state index is 13.1. The van der Waals surface area contributed by atoms with Gasteiger partial charge in [0.05, 0.1) is 24.8 Å². The Morgan fingerprint density at radius 1 is 0.972 bits per heavy atom. The van der Waals surface area contributed by atoms with Crippen LogP contribution in [0.4, 0.5) is 5.69 Å².